The molecule has 2 heterocycles. The summed E-state index contributed by atoms with van der Waals surface area (Å²) in [4.78, 5) is 15.8. The molecule has 172 valence electrons. The molecule has 0 unspecified atom stereocenters. The van der Waals surface area contributed by atoms with Gasteiger partial charge in [-0.1, -0.05) is 72.8 Å². The summed E-state index contributed by atoms with van der Waals surface area (Å²) in [7, 11) is 0. The lowest BCUT2D eigenvalue weighted by molar-refractivity contribution is 0.0340. The fourth-order valence-corrected chi connectivity index (χ4v) is 4.22. The molecule has 6 nitrogen and oxygen atoms in total. The highest BCUT2D eigenvalue weighted by atomic mass is 16.5. The fourth-order valence-electron chi connectivity index (χ4n) is 4.22. The molecular weight excluding hydrogens is 424 g/mol. The lowest BCUT2D eigenvalue weighted by atomic mass is 10.1. The van der Waals surface area contributed by atoms with Gasteiger partial charge in [-0.05, 0) is 23.3 Å². The molecule has 0 saturated carbocycles. The number of nitrogens with zero attached hydrogens (tertiary/aromatic N) is 3. The van der Waals surface area contributed by atoms with Crippen LogP contribution in [-0.4, -0.2) is 46.9 Å². The van der Waals surface area contributed by atoms with Crippen LogP contribution in [0.25, 0.3) is 16.9 Å². The maximum Gasteiger partial charge on any atom is 0.255 e. The molecular formula is C28H28N4O2. The minimum atomic E-state index is -0.137. The van der Waals surface area contributed by atoms with Crippen molar-refractivity contribution in [2.45, 2.75) is 13.1 Å². The Morgan fingerprint density at radius 2 is 1.50 bits per heavy atom. The molecule has 1 amide bonds. The molecule has 6 heteroatoms. The number of carbonyl (C=O) groups excluding carboxylic acids is 1. The highest BCUT2D eigenvalue weighted by molar-refractivity contribution is 5.99. The molecule has 1 aromatic heterocycles. The predicted molar refractivity (Wildman–Crippen MR) is 133 cm³/mol. The van der Waals surface area contributed by atoms with E-state index >= 15 is 0 Å². The van der Waals surface area contributed by atoms with Crippen molar-refractivity contribution < 1.29 is 9.53 Å². The molecule has 1 aliphatic heterocycles. The summed E-state index contributed by atoms with van der Waals surface area (Å²) in [5.41, 5.74) is 5.40. The minimum Gasteiger partial charge on any atom is -0.379 e. The number of hydrogen-bond acceptors (Lipinski definition) is 4. The largest absolute Gasteiger partial charge is 0.379 e. The number of rotatable bonds is 7. The summed E-state index contributed by atoms with van der Waals surface area (Å²) >= 11 is 0. The van der Waals surface area contributed by atoms with E-state index in [4.69, 9.17) is 9.84 Å². The molecule has 0 spiro atoms. The summed E-state index contributed by atoms with van der Waals surface area (Å²) in [6.45, 7) is 4.72. The number of carbonyl (C=O) groups is 1. The summed E-state index contributed by atoms with van der Waals surface area (Å²) in [5, 5.41) is 7.89. The summed E-state index contributed by atoms with van der Waals surface area (Å²) in [5.74, 6) is -0.137. The summed E-state index contributed by atoms with van der Waals surface area (Å²) in [6.07, 6.45) is 1.81. The Morgan fingerprint density at radius 3 is 2.24 bits per heavy atom. The maximum atomic E-state index is 13.4. The molecule has 0 radical (unpaired) electrons. The molecule has 3 aromatic carbocycles. The first-order valence-corrected chi connectivity index (χ1v) is 11.6. The molecule has 34 heavy (non-hydrogen) atoms. The second kappa shape index (κ2) is 10.5. The van der Waals surface area contributed by atoms with Crippen LogP contribution in [0.15, 0.2) is 91.1 Å². The van der Waals surface area contributed by atoms with E-state index in [1.54, 1.807) is 4.68 Å². The van der Waals surface area contributed by atoms with Gasteiger partial charge in [0.25, 0.3) is 5.91 Å². The van der Waals surface area contributed by atoms with Gasteiger partial charge in [0, 0.05) is 37.9 Å². The first kappa shape index (κ1) is 22.1. The molecule has 1 fully saturated rings. The maximum absolute atomic E-state index is 13.4. The van der Waals surface area contributed by atoms with Gasteiger partial charge in [0.1, 0.15) is 5.69 Å². The van der Waals surface area contributed by atoms with Crippen molar-refractivity contribution >= 4 is 5.91 Å². The van der Waals surface area contributed by atoms with Crippen molar-refractivity contribution in [1.29, 1.82) is 0 Å². The number of amides is 1. The number of morpholine rings is 1. The number of hydrogen-bond donors (Lipinski definition) is 1. The summed E-state index contributed by atoms with van der Waals surface area (Å²) in [6, 6.07) is 28.0. The number of ether oxygens (including phenoxy) is 1. The van der Waals surface area contributed by atoms with Crippen LogP contribution in [0, 0.1) is 0 Å². The normalized spacial score (nSPS) is 14.1. The van der Waals surface area contributed by atoms with Gasteiger partial charge in [0.05, 0.1) is 24.5 Å². The second-order valence-electron chi connectivity index (χ2n) is 8.38. The molecule has 0 aliphatic carbocycles. The van der Waals surface area contributed by atoms with Crippen LogP contribution in [-0.2, 0) is 17.8 Å². The monoisotopic (exact) mass is 452 g/mol. The van der Waals surface area contributed by atoms with Gasteiger partial charge in [-0.25, -0.2) is 4.68 Å². The molecule has 1 saturated heterocycles. The molecule has 5 rings (SSSR count). The van der Waals surface area contributed by atoms with Crippen molar-refractivity contribution in [2.75, 3.05) is 26.3 Å². The zero-order chi connectivity index (χ0) is 23.2. The SMILES string of the molecule is O=C(NCc1ccccc1CN1CCOCC1)c1cn(-c2ccccc2)nc1-c1ccccc1. The molecule has 4 aromatic rings. The Balaban J connectivity index is 1.37. The van der Waals surface area contributed by atoms with Crippen LogP contribution in [0.4, 0.5) is 0 Å². The number of aromatic nitrogens is 2. The van der Waals surface area contributed by atoms with Gasteiger partial charge < -0.3 is 10.1 Å². The zero-order valence-electron chi connectivity index (χ0n) is 19.1. The standard InChI is InChI=1S/C28H28N4O2/c33-28(29-19-23-11-7-8-12-24(23)20-31-15-17-34-18-16-31)26-21-32(25-13-5-2-6-14-25)30-27(26)22-9-3-1-4-10-22/h1-14,21H,15-20H2,(H,29,33). The van der Waals surface area contributed by atoms with Gasteiger partial charge in [-0.3, -0.25) is 9.69 Å². The Morgan fingerprint density at radius 1 is 0.853 bits per heavy atom. The third-order valence-electron chi connectivity index (χ3n) is 6.08. The average Bonchev–Trinajstić information content (AvgIpc) is 3.35. The van der Waals surface area contributed by atoms with Gasteiger partial charge in [0.15, 0.2) is 0 Å². The zero-order valence-corrected chi connectivity index (χ0v) is 19.1. The minimum absolute atomic E-state index is 0.137. The summed E-state index contributed by atoms with van der Waals surface area (Å²) < 4.78 is 7.24. The van der Waals surface area contributed by atoms with Crippen LogP contribution in [0.3, 0.4) is 0 Å². The Labute approximate surface area is 199 Å². The smallest absolute Gasteiger partial charge is 0.255 e. The van der Waals surface area contributed by atoms with Gasteiger partial charge in [-0.2, -0.15) is 5.10 Å². The van der Waals surface area contributed by atoms with Crippen molar-refractivity contribution in [3.8, 4) is 16.9 Å². The number of nitrogens with one attached hydrogen (secondary N) is 1. The van der Waals surface area contributed by atoms with Crippen LogP contribution < -0.4 is 5.32 Å². The molecule has 1 N–H and O–H groups in total. The number of benzene rings is 3. The first-order chi connectivity index (χ1) is 16.8. The topological polar surface area (TPSA) is 59.4 Å². The quantitative estimate of drug-likeness (QED) is 0.454. The van der Waals surface area contributed by atoms with E-state index in [-0.39, 0.29) is 5.91 Å². The third-order valence-corrected chi connectivity index (χ3v) is 6.08. The van der Waals surface area contributed by atoms with E-state index in [0.717, 1.165) is 49.7 Å². The van der Waals surface area contributed by atoms with Crippen molar-refractivity contribution in [3.05, 3.63) is 108 Å². The lowest BCUT2D eigenvalue weighted by Gasteiger charge is -2.27. The van der Waals surface area contributed by atoms with Gasteiger partial charge in [0.2, 0.25) is 0 Å². The van der Waals surface area contributed by atoms with Crippen LogP contribution in [0.2, 0.25) is 0 Å². The van der Waals surface area contributed by atoms with E-state index < -0.39 is 0 Å². The van der Waals surface area contributed by atoms with E-state index in [2.05, 4.69) is 28.4 Å². The Kier molecular flexibility index (Phi) is 6.79. The molecule has 0 bridgehead atoms. The van der Waals surface area contributed by atoms with Gasteiger partial charge >= 0.3 is 0 Å². The van der Waals surface area contributed by atoms with Crippen LogP contribution >= 0.6 is 0 Å². The lowest BCUT2D eigenvalue weighted by Crippen LogP contribution is -2.36. The Bertz CT molecular complexity index is 1230. The van der Waals surface area contributed by atoms with E-state index in [9.17, 15) is 4.79 Å². The molecule has 0 atom stereocenters. The third kappa shape index (κ3) is 5.09. The Hall–Kier alpha value is -3.74. The fraction of sp³-hybridized carbons (Fsp3) is 0.214. The van der Waals surface area contributed by atoms with Crippen LogP contribution in [0.5, 0.6) is 0 Å². The van der Waals surface area contributed by atoms with E-state index in [1.165, 1.54) is 5.56 Å². The second-order valence-corrected chi connectivity index (χ2v) is 8.38. The van der Waals surface area contributed by atoms with E-state index in [0.29, 0.717) is 17.8 Å². The highest BCUT2D eigenvalue weighted by Gasteiger charge is 2.19. The van der Waals surface area contributed by atoms with Gasteiger partial charge in [-0.15, -0.1) is 0 Å². The van der Waals surface area contributed by atoms with Crippen molar-refractivity contribution in [2.24, 2.45) is 0 Å². The highest BCUT2D eigenvalue weighted by Crippen LogP contribution is 2.24. The van der Waals surface area contributed by atoms with E-state index in [1.807, 2.05) is 72.9 Å². The number of para-hydroxylation sites is 1. The first-order valence-electron chi connectivity index (χ1n) is 11.6. The predicted octanol–water partition coefficient (Wildman–Crippen LogP) is 4.30. The van der Waals surface area contributed by atoms with Crippen molar-refractivity contribution in [3.63, 3.8) is 0 Å². The average molecular weight is 453 g/mol. The van der Waals surface area contributed by atoms with Crippen LogP contribution in [0.1, 0.15) is 21.5 Å². The molecule has 1 aliphatic rings. The van der Waals surface area contributed by atoms with Crippen molar-refractivity contribution in [1.82, 2.24) is 20.0 Å².